The first kappa shape index (κ1) is 17.5. The Morgan fingerprint density at radius 2 is 1.67 bits per heavy atom. The average molecular weight is 361 g/mol. The number of likely N-dealkylation sites (tertiary alicyclic amines) is 1. The highest BCUT2D eigenvalue weighted by Crippen LogP contribution is 2.35. The zero-order valence-electron chi connectivity index (χ0n) is 15.4. The van der Waals surface area contributed by atoms with E-state index in [0.29, 0.717) is 12.2 Å². The van der Waals surface area contributed by atoms with E-state index in [2.05, 4.69) is 58.5 Å². The van der Waals surface area contributed by atoms with Crippen molar-refractivity contribution in [2.75, 3.05) is 19.7 Å². The molecule has 138 valence electrons. The van der Waals surface area contributed by atoms with Crippen LogP contribution in [0.3, 0.4) is 0 Å². The van der Waals surface area contributed by atoms with Crippen LogP contribution >= 0.6 is 0 Å². The predicted molar refractivity (Wildman–Crippen MR) is 104 cm³/mol. The number of nitrogens with zero attached hydrogens (tertiary/aromatic N) is 3. The topological polar surface area (TPSA) is 47.4 Å². The molecule has 2 aromatic carbocycles. The summed E-state index contributed by atoms with van der Waals surface area (Å²) >= 11 is 0. The monoisotopic (exact) mass is 361 g/mol. The molecule has 3 aromatic rings. The van der Waals surface area contributed by atoms with Crippen molar-refractivity contribution in [1.29, 1.82) is 0 Å². The fourth-order valence-electron chi connectivity index (χ4n) is 3.61. The van der Waals surface area contributed by atoms with Gasteiger partial charge in [0.25, 0.3) is 0 Å². The van der Waals surface area contributed by atoms with Crippen LogP contribution in [0, 0.1) is 0 Å². The molecule has 1 aliphatic heterocycles. The van der Waals surface area contributed by atoms with Crippen LogP contribution in [0.5, 0.6) is 0 Å². The van der Waals surface area contributed by atoms with Gasteiger partial charge in [-0.2, -0.15) is 5.10 Å². The number of carbonyl (C=O) groups is 1. The van der Waals surface area contributed by atoms with E-state index in [4.69, 9.17) is 4.74 Å². The summed E-state index contributed by atoms with van der Waals surface area (Å²) in [7, 11) is 0. The van der Waals surface area contributed by atoms with E-state index in [-0.39, 0.29) is 18.1 Å². The summed E-state index contributed by atoms with van der Waals surface area (Å²) in [5.74, 6) is -0.314. The zero-order chi connectivity index (χ0) is 18.6. The Kier molecular flexibility index (Phi) is 5.03. The van der Waals surface area contributed by atoms with Crippen LogP contribution in [-0.2, 0) is 4.74 Å². The van der Waals surface area contributed by atoms with Gasteiger partial charge in [0.2, 0.25) is 0 Å². The van der Waals surface area contributed by atoms with E-state index in [1.807, 2.05) is 16.8 Å². The van der Waals surface area contributed by atoms with Crippen molar-refractivity contribution in [2.24, 2.45) is 0 Å². The van der Waals surface area contributed by atoms with E-state index >= 15 is 0 Å². The number of ether oxygens (including phenoxy) is 1. The number of carbonyl (C=O) groups excluding carboxylic acids is 1. The molecule has 0 spiro atoms. The molecule has 1 fully saturated rings. The van der Waals surface area contributed by atoms with Gasteiger partial charge in [0.05, 0.1) is 30.5 Å². The number of hydrogen-bond acceptors (Lipinski definition) is 4. The van der Waals surface area contributed by atoms with Gasteiger partial charge < -0.3 is 4.74 Å². The molecule has 5 heteroatoms. The minimum atomic E-state index is -0.314. The van der Waals surface area contributed by atoms with E-state index < -0.39 is 0 Å². The summed E-state index contributed by atoms with van der Waals surface area (Å²) in [6, 6.07) is 21.6. The molecule has 5 nitrogen and oxygen atoms in total. The maximum atomic E-state index is 11.8. The van der Waals surface area contributed by atoms with Gasteiger partial charge in [0, 0.05) is 19.3 Å². The number of benzene rings is 2. The lowest BCUT2D eigenvalue weighted by Crippen LogP contribution is -2.49. The van der Waals surface area contributed by atoms with Crippen LogP contribution in [0.15, 0.2) is 73.1 Å². The number of hydrogen-bond donors (Lipinski definition) is 0. The molecule has 2 heterocycles. The van der Waals surface area contributed by atoms with Gasteiger partial charge in [-0.1, -0.05) is 60.7 Å². The van der Waals surface area contributed by atoms with Crippen molar-refractivity contribution >= 4 is 5.97 Å². The molecular weight excluding hydrogens is 338 g/mol. The van der Waals surface area contributed by atoms with Gasteiger partial charge in [0.1, 0.15) is 0 Å². The molecule has 1 aromatic heterocycles. The minimum Gasteiger partial charge on any atom is -0.462 e. The lowest BCUT2D eigenvalue weighted by Gasteiger charge is -2.44. The normalized spacial score (nSPS) is 14.9. The van der Waals surface area contributed by atoms with Crippen LogP contribution in [0.25, 0.3) is 0 Å². The standard InChI is InChI=1S/C22H23N3O2/c1-2-27-22(26)19-13-23-25(14-19)20-15-24(16-20)21(17-9-5-3-6-10-17)18-11-7-4-8-12-18/h3-14,20-21H,2,15-16H2,1H3. The molecule has 4 rings (SSSR count). The molecule has 0 saturated carbocycles. The highest BCUT2D eigenvalue weighted by molar-refractivity contribution is 5.88. The van der Waals surface area contributed by atoms with E-state index in [0.717, 1.165) is 13.1 Å². The van der Waals surface area contributed by atoms with Gasteiger partial charge in [-0.05, 0) is 18.1 Å². The lowest BCUT2D eigenvalue weighted by molar-refractivity contribution is 0.0524. The summed E-state index contributed by atoms with van der Waals surface area (Å²) in [5.41, 5.74) is 3.09. The molecule has 1 aliphatic rings. The highest BCUT2D eigenvalue weighted by atomic mass is 16.5. The Morgan fingerprint density at radius 1 is 1.07 bits per heavy atom. The summed E-state index contributed by atoms with van der Waals surface area (Å²) in [5, 5.41) is 4.37. The van der Waals surface area contributed by atoms with Crippen LogP contribution < -0.4 is 0 Å². The third kappa shape index (κ3) is 3.64. The van der Waals surface area contributed by atoms with Gasteiger partial charge >= 0.3 is 5.97 Å². The van der Waals surface area contributed by atoms with Crippen molar-refractivity contribution in [1.82, 2.24) is 14.7 Å². The van der Waals surface area contributed by atoms with Gasteiger partial charge in [-0.25, -0.2) is 4.79 Å². The Hall–Kier alpha value is -2.92. The Balaban J connectivity index is 1.50. The first-order chi connectivity index (χ1) is 13.3. The predicted octanol–water partition coefficient (Wildman–Crippen LogP) is 3.71. The van der Waals surface area contributed by atoms with Crippen LogP contribution in [-0.4, -0.2) is 40.3 Å². The fourth-order valence-corrected chi connectivity index (χ4v) is 3.61. The molecule has 0 bridgehead atoms. The highest BCUT2D eigenvalue weighted by Gasteiger charge is 2.35. The van der Waals surface area contributed by atoms with Crippen molar-refractivity contribution in [3.8, 4) is 0 Å². The first-order valence-corrected chi connectivity index (χ1v) is 9.31. The number of esters is 1. The fraction of sp³-hybridized carbons (Fsp3) is 0.273. The molecular formula is C22H23N3O2. The molecule has 0 unspecified atom stereocenters. The van der Waals surface area contributed by atoms with Crippen molar-refractivity contribution < 1.29 is 9.53 Å². The van der Waals surface area contributed by atoms with E-state index in [1.54, 1.807) is 19.3 Å². The second-order valence-corrected chi connectivity index (χ2v) is 6.76. The Labute approximate surface area is 159 Å². The van der Waals surface area contributed by atoms with Gasteiger partial charge in [0.15, 0.2) is 0 Å². The second-order valence-electron chi connectivity index (χ2n) is 6.76. The third-order valence-electron chi connectivity index (χ3n) is 4.97. The lowest BCUT2D eigenvalue weighted by atomic mass is 9.93. The zero-order valence-corrected chi connectivity index (χ0v) is 15.4. The molecule has 1 saturated heterocycles. The smallest absolute Gasteiger partial charge is 0.341 e. The second kappa shape index (κ2) is 7.76. The summed E-state index contributed by atoms with van der Waals surface area (Å²) < 4.78 is 6.93. The maximum absolute atomic E-state index is 11.8. The number of rotatable bonds is 6. The first-order valence-electron chi connectivity index (χ1n) is 9.31. The average Bonchev–Trinajstić information content (AvgIpc) is 3.15. The van der Waals surface area contributed by atoms with Crippen molar-refractivity contribution in [3.05, 3.63) is 89.7 Å². The minimum absolute atomic E-state index is 0.226. The van der Waals surface area contributed by atoms with Crippen molar-refractivity contribution in [2.45, 2.75) is 19.0 Å². The summed E-state index contributed by atoms with van der Waals surface area (Å²) in [6.45, 7) is 3.95. The molecule has 0 aliphatic carbocycles. The molecule has 0 atom stereocenters. The molecule has 0 amide bonds. The Bertz CT molecular complexity index is 847. The summed E-state index contributed by atoms with van der Waals surface area (Å²) in [6.07, 6.45) is 3.38. The van der Waals surface area contributed by atoms with E-state index in [1.165, 1.54) is 11.1 Å². The largest absolute Gasteiger partial charge is 0.462 e. The van der Waals surface area contributed by atoms with Crippen LogP contribution in [0.2, 0.25) is 0 Å². The Morgan fingerprint density at radius 3 is 2.22 bits per heavy atom. The quantitative estimate of drug-likeness (QED) is 0.628. The van der Waals surface area contributed by atoms with Crippen LogP contribution in [0.4, 0.5) is 0 Å². The molecule has 0 radical (unpaired) electrons. The van der Waals surface area contributed by atoms with Gasteiger partial charge in [-0.3, -0.25) is 9.58 Å². The van der Waals surface area contributed by atoms with Gasteiger partial charge in [-0.15, -0.1) is 0 Å². The summed E-state index contributed by atoms with van der Waals surface area (Å²) in [4.78, 5) is 14.3. The SMILES string of the molecule is CCOC(=O)c1cnn(C2CN(C(c3ccccc3)c3ccccc3)C2)c1. The van der Waals surface area contributed by atoms with Crippen LogP contribution in [0.1, 0.15) is 40.5 Å². The third-order valence-corrected chi connectivity index (χ3v) is 4.97. The molecule has 27 heavy (non-hydrogen) atoms. The maximum Gasteiger partial charge on any atom is 0.341 e. The number of aromatic nitrogens is 2. The molecule has 0 N–H and O–H groups in total. The van der Waals surface area contributed by atoms with Crippen molar-refractivity contribution in [3.63, 3.8) is 0 Å². The van der Waals surface area contributed by atoms with E-state index in [9.17, 15) is 4.79 Å².